The first-order valence-electron chi connectivity index (χ1n) is 8.70. The number of fused-ring (bicyclic) bond motifs is 1. The van der Waals surface area contributed by atoms with Gasteiger partial charge in [0.1, 0.15) is 11.6 Å². The Hall–Kier alpha value is -2.82. The number of halogens is 1. The fourth-order valence-electron chi connectivity index (χ4n) is 3.70. The van der Waals surface area contributed by atoms with Gasteiger partial charge in [-0.25, -0.2) is 4.39 Å². The van der Waals surface area contributed by atoms with Gasteiger partial charge in [0.2, 0.25) is 5.91 Å². The highest BCUT2D eigenvalue weighted by Gasteiger charge is 2.51. The molecule has 2 heterocycles. The van der Waals surface area contributed by atoms with Crippen LogP contribution in [-0.4, -0.2) is 28.8 Å². The molecule has 28 heavy (non-hydrogen) atoms. The predicted octanol–water partition coefficient (Wildman–Crippen LogP) is 3.48. The van der Waals surface area contributed by atoms with Crippen molar-refractivity contribution in [2.24, 2.45) is 0 Å². The van der Waals surface area contributed by atoms with Crippen molar-refractivity contribution in [3.05, 3.63) is 76.1 Å². The van der Waals surface area contributed by atoms with Crippen LogP contribution in [-0.2, 0) is 10.5 Å². The molecule has 0 spiro atoms. The van der Waals surface area contributed by atoms with Gasteiger partial charge in [-0.15, -0.1) is 11.8 Å². The second kappa shape index (κ2) is 6.97. The van der Waals surface area contributed by atoms with E-state index in [4.69, 9.17) is 4.74 Å². The van der Waals surface area contributed by atoms with E-state index in [2.05, 4.69) is 6.07 Å². The molecule has 1 N–H and O–H groups in total. The van der Waals surface area contributed by atoms with Gasteiger partial charge in [-0.2, -0.15) is 5.26 Å². The van der Waals surface area contributed by atoms with Crippen LogP contribution in [0.3, 0.4) is 0 Å². The van der Waals surface area contributed by atoms with E-state index in [1.165, 1.54) is 28.8 Å². The lowest BCUT2D eigenvalue weighted by molar-refractivity contribution is -0.149. The van der Waals surface area contributed by atoms with Crippen molar-refractivity contribution in [1.29, 1.82) is 5.26 Å². The van der Waals surface area contributed by atoms with Gasteiger partial charge >= 0.3 is 0 Å². The van der Waals surface area contributed by atoms with Gasteiger partial charge < -0.3 is 9.84 Å². The highest BCUT2D eigenvalue weighted by molar-refractivity contribution is 8.03. The first-order valence-corrected chi connectivity index (χ1v) is 9.69. The number of hydrogen-bond acceptors (Lipinski definition) is 5. The summed E-state index contributed by atoms with van der Waals surface area (Å²) in [6.45, 7) is 0. The van der Waals surface area contributed by atoms with Gasteiger partial charge in [-0.1, -0.05) is 24.3 Å². The van der Waals surface area contributed by atoms with Crippen LogP contribution in [0.4, 0.5) is 4.39 Å². The van der Waals surface area contributed by atoms with Crippen molar-refractivity contribution in [3.8, 4) is 11.8 Å². The first kappa shape index (κ1) is 18.5. The van der Waals surface area contributed by atoms with Gasteiger partial charge in [0, 0.05) is 17.9 Å². The molecule has 0 aliphatic carbocycles. The van der Waals surface area contributed by atoms with Crippen LogP contribution in [0.5, 0.6) is 5.75 Å². The van der Waals surface area contributed by atoms with Crippen molar-refractivity contribution >= 4 is 17.7 Å². The summed E-state index contributed by atoms with van der Waals surface area (Å²) in [4.78, 5) is 14.3. The molecule has 1 amide bonds. The first-order chi connectivity index (χ1) is 13.5. The zero-order valence-corrected chi connectivity index (χ0v) is 15.9. The smallest absolute Gasteiger partial charge is 0.231 e. The Morgan fingerprint density at radius 1 is 1.32 bits per heavy atom. The summed E-state index contributed by atoms with van der Waals surface area (Å²) in [6, 6.07) is 15.0. The van der Waals surface area contributed by atoms with E-state index >= 15 is 0 Å². The molecule has 0 unspecified atom stereocenters. The predicted molar refractivity (Wildman–Crippen MR) is 103 cm³/mol. The lowest BCUT2D eigenvalue weighted by atomic mass is 9.85. The summed E-state index contributed by atoms with van der Waals surface area (Å²) in [5.41, 5.74) is -0.0407. The molecule has 5 nitrogen and oxygen atoms in total. The van der Waals surface area contributed by atoms with Crippen LogP contribution < -0.4 is 4.74 Å². The van der Waals surface area contributed by atoms with Crippen LogP contribution in [0.15, 0.2) is 59.1 Å². The second-order valence-corrected chi connectivity index (χ2v) is 7.67. The maximum atomic E-state index is 13.7. The lowest BCUT2D eigenvalue weighted by Gasteiger charge is -2.38. The fourth-order valence-corrected chi connectivity index (χ4v) is 5.06. The number of allylic oxidation sites excluding steroid dienone is 1. The molecular weight excluding hydrogens is 379 g/mol. The molecule has 2 aliphatic heterocycles. The molecule has 7 heteroatoms. The number of thioether (sulfide) groups is 1. The minimum atomic E-state index is -1.54. The summed E-state index contributed by atoms with van der Waals surface area (Å²) in [6.07, 6.45) is -0.00509. The number of amides is 1. The summed E-state index contributed by atoms with van der Waals surface area (Å²) in [5, 5.41) is 21.6. The number of carbonyl (C=O) groups excluding carboxylic acids is 1. The molecule has 4 rings (SSSR count). The van der Waals surface area contributed by atoms with E-state index in [-0.39, 0.29) is 18.1 Å². The molecule has 0 aromatic heterocycles. The molecule has 0 saturated carbocycles. The van der Waals surface area contributed by atoms with Crippen molar-refractivity contribution in [2.45, 2.75) is 18.1 Å². The van der Waals surface area contributed by atoms with Crippen LogP contribution in [0.1, 0.15) is 23.5 Å². The van der Waals surface area contributed by atoms with Crippen molar-refractivity contribution < 1.29 is 19.0 Å². The van der Waals surface area contributed by atoms with E-state index in [1.54, 1.807) is 43.5 Å². The highest BCUT2D eigenvalue weighted by atomic mass is 32.2. The van der Waals surface area contributed by atoms with Gasteiger partial charge in [-0.3, -0.25) is 9.69 Å². The van der Waals surface area contributed by atoms with Crippen LogP contribution in [0, 0.1) is 17.1 Å². The number of aliphatic hydroxyl groups is 1. The number of nitrogens with zero attached hydrogens (tertiary/aromatic N) is 2. The molecule has 1 fully saturated rings. The molecule has 2 aliphatic rings. The summed E-state index contributed by atoms with van der Waals surface area (Å²) >= 11 is 1.26. The van der Waals surface area contributed by atoms with Crippen molar-refractivity contribution in [2.75, 3.05) is 12.9 Å². The molecular formula is C21H17FN2O3S. The number of hydrogen-bond donors (Lipinski definition) is 1. The quantitative estimate of drug-likeness (QED) is 0.860. The molecule has 2 aromatic carbocycles. The largest absolute Gasteiger partial charge is 0.497 e. The molecule has 2 aromatic rings. The number of benzene rings is 2. The summed E-state index contributed by atoms with van der Waals surface area (Å²) in [5.74, 6) is -0.385. The van der Waals surface area contributed by atoms with E-state index in [0.717, 1.165) is 0 Å². The molecule has 2 atom stereocenters. The molecule has 1 saturated heterocycles. The van der Waals surface area contributed by atoms with Gasteiger partial charge in [0.15, 0.2) is 5.72 Å². The zero-order valence-electron chi connectivity index (χ0n) is 15.1. The zero-order chi connectivity index (χ0) is 19.9. The Morgan fingerprint density at radius 2 is 2.07 bits per heavy atom. The third kappa shape index (κ3) is 2.86. The fraction of sp³-hybridized carbons (Fsp3) is 0.238. The Labute approximate surface area is 166 Å². The Bertz CT molecular complexity index is 1020. The van der Waals surface area contributed by atoms with Crippen LogP contribution >= 0.6 is 11.8 Å². The highest BCUT2D eigenvalue weighted by Crippen LogP contribution is 2.51. The van der Waals surface area contributed by atoms with Gasteiger partial charge in [0.05, 0.1) is 29.5 Å². The second-order valence-electron chi connectivity index (χ2n) is 6.71. The lowest BCUT2D eigenvalue weighted by Crippen LogP contribution is -2.48. The molecule has 0 bridgehead atoms. The minimum Gasteiger partial charge on any atom is -0.497 e. The topological polar surface area (TPSA) is 73.6 Å². The minimum absolute atomic E-state index is 0.00509. The van der Waals surface area contributed by atoms with Gasteiger partial charge in [0.25, 0.3) is 0 Å². The molecule has 0 radical (unpaired) electrons. The number of nitriles is 1. The Morgan fingerprint density at radius 3 is 2.71 bits per heavy atom. The van der Waals surface area contributed by atoms with Crippen LogP contribution in [0.25, 0.3) is 0 Å². The normalized spacial score (nSPS) is 24.1. The third-order valence-corrected chi connectivity index (χ3v) is 6.34. The monoisotopic (exact) mass is 396 g/mol. The van der Waals surface area contributed by atoms with Crippen LogP contribution in [0.2, 0.25) is 0 Å². The van der Waals surface area contributed by atoms with E-state index in [1.807, 2.05) is 0 Å². The molecule has 142 valence electrons. The number of carbonyl (C=O) groups is 1. The number of rotatable bonds is 3. The van der Waals surface area contributed by atoms with E-state index in [9.17, 15) is 19.6 Å². The Balaban J connectivity index is 1.78. The van der Waals surface area contributed by atoms with Crippen molar-refractivity contribution in [3.63, 3.8) is 0 Å². The van der Waals surface area contributed by atoms with Crippen molar-refractivity contribution in [1.82, 2.24) is 4.90 Å². The summed E-state index contributed by atoms with van der Waals surface area (Å²) in [7, 11) is 1.55. The average molecular weight is 396 g/mol. The van der Waals surface area contributed by atoms with Gasteiger partial charge in [-0.05, 0) is 29.8 Å². The third-order valence-electron chi connectivity index (χ3n) is 5.11. The standard InChI is InChI=1S/C21H17FN2O3S/c1-27-16-7-5-14(6-8-16)21(26)12-28-20-18(11-23)17(10-19(25)24(20)21)13-3-2-4-15(22)9-13/h2-9,17,26H,10,12H2,1H3/t17-,21+/m0/s1. The maximum Gasteiger partial charge on any atom is 0.231 e. The SMILES string of the molecule is COc1ccc([C@]2(O)CSC3=C(C#N)[C@H](c4cccc(F)c4)CC(=O)N32)cc1. The van der Waals surface area contributed by atoms with E-state index in [0.29, 0.717) is 27.5 Å². The average Bonchev–Trinajstić information content (AvgIpc) is 3.07. The summed E-state index contributed by atoms with van der Waals surface area (Å²) < 4.78 is 18.8. The number of ether oxygens (including phenoxy) is 1. The maximum absolute atomic E-state index is 13.7. The number of methoxy groups -OCH3 is 1. The van der Waals surface area contributed by atoms with E-state index < -0.39 is 17.5 Å². The Kier molecular flexibility index (Phi) is 4.61.